The van der Waals surface area contributed by atoms with Crippen LogP contribution in [0, 0.1) is 0 Å². The van der Waals surface area contributed by atoms with E-state index in [2.05, 4.69) is 12.2 Å². The van der Waals surface area contributed by atoms with Crippen LogP contribution in [0.15, 0.2) is 85.1 Å². The summed E-state index contributed by atoms with van der Waals surface area (Å²) in [5, 5.41) is 5.08. The van der Waals surface area contributed by atoms with Crippen LogP contribution in [0.1, 0.15) is 43.0 Å². The largest absolute Gasteiger partial charge is 0.416 e. The number of hydrogen-bond acceptors (Lipinski definition) is 1. The number of hydrogen-bond donors (Lipinski definition) is 1. The van der Waals surface area contributed by atoms with E-state index in [-0.39, 0.29) is 6.03 Å². The number of nitrogens with zero attached hydrogens (tertiary/aromatic N) is 2. The zero-order valence-electron chi connectivity index (χ0n) is 20.3. The number of nitrogens with one attached hydrogen (secondary N) is 1. The first-order valence-corrected chi connectivity index (χ1v) is 12.2. The van der Waals surface area contributed by atoms with E-state index in [4.69, 9.17) is 0 Å². The van der Waals surface area contributed by atoms with Gasteiger partial charge in [0.15, 0.2) is 0 Å². The van der Waals surface area contributed by atoms with Crippen molar-refractivity contribution in [3.05, 3.63) is 102 Å². The highest BCUT2D eigenvalue weighted by Gasteiger charge is 2.30. The normalized spacial score (nSPS) is 11.6. The number of aromatic nitrogens is 1. The predicted octanol–water partition coefficient (Wildman–Crippen LogP) is 7.93. The summed E-state index contributed by atoms with van der Waals surface area (Å²) in [5.41, 5.74) is 1.50. The molecule has 0 saturated heterocycles. The maximum Gasteiger partial charge on any atom is 0.416 e. The maximum atomic E-state index is 13.4. The molecule has 0 radical (unpaired) electrons. The molecule has 4 nitrogen and oxygen atoms in total. The fourth-order valence-corrected chi connectivity index (χ4v) is 4.32. The summed E-state index contributed by atoms with van der Waals surface area (Å²) in [4.78, 5) is 15.2. The van der Waals surface area contributed by atoms with Gasteiger partial charge in [-0.25, -0.2) is 4.79 Å². The molecule has 7 heteroatoms. The smallest absolute Gasteiger partial charge is 0.345 e. The maximum absolute atomic E-state index is 13.4. The van der Waals surface area contributed by atoms with Crippen LogP contribution in [-0.4, -0.2) is 22.0 Å². The molecule has 0 aliphatic rings. The zero-order chi connectivity index (χ0) is 25.5. The Morgan fingerprint density at radius 2 is 1.72 bits per heavy atom. The van der Waals surface area contributed by atoms with E-state index < -0.39 is 11.7 Å². The van der Waals surface area contributed by atoms with Crippen molar-refractivity contribution in [1.29, 1.82) is 0 Å². The molecule has 4 aromatic rings. The van der Waals surface area contributed by atoms with Crippen molar-refractivity contribution in [2.24, 2.45) is 0 Å². The summed E-state index contributed by atoms with van der Waals surface area (Å²) in [6, 6.07) is 22.6. The number of anilines is 1. The highest BCUT2D eigenvalue weighted by atomic mass is 19.4. The zero-order valence-corrected chi connectivity index (χ0v) is 20.3. The van der Waals surface area contributed by atoms with E-state index in [0.717, 1.165) is 47.5 Å². The molecule has 188 valence electrons. The van der Waals surface area contributed by atoms with Crippen LogP contribution in [0.4, 0.5) is 23.7 Å². The predicted molar refractivity (Wildman–Crippen MR) is 138 cm³/mol. The van der Waals surface area contributed by atoms with Crippen LogP contribution in [0.25, 0.3) is 10.8 Å². The van der Waals surface area contributed by atoms with Gasteiger partial charge < -0.3 is 14.8 Å². The Morgan fingerprint density at radius 3 is 2.53 bits per heavy atom. The lowest BCUT2D eigenvalue weighted by atomic mass is 10.1. The van der Waals surface area contributed by atoms with Gasteiger partial charge in [0.05, 0.1) is 17.8 Å². The first kappa shape index (κ1) is 25.4. The molecular weight excluding hydrogens is 463 g/mol. The highest BCUT2D eigenvalue weighted by Crippen LogP contribution is 2.30. The first-order valence-electron chi connectivity index (χ1n) is 12.2. The lowest BCUT2D eigenvalue weighted by molar-refractivity contribution is -0.137. The lowest BCUT2D eigenvalue weighted by Crippen LogP contribution is -2.36. The third-order valence-electron chi connectivity index (χ3n) is 6.23. The van der Waals surface area contributed by atoms with E-state index >= 15 is 0 Å². The number of fused-ring (bicyclic) bond motifs is 1. The second-order valence-corrected chi connectivity index (χ2v) is 8.91. The molecule has 2 amide bonds. The van der Waals surface area contributed by atoms with E-state index in [1.807, 2.05) is 65.4 Å². The van der Waals surface area contributed by atoms with Crippen LogP contribution in [0.2, 0.25) is 0 Å². The van der Waals surface area contributed by atoms with Crippen molar-refractivity contribution in [3.8, 4) is 0 Å². The fourth-order valence-electron chi connectivity index (χ4n) is 4.32. The molecule has 0 fully saturated rings. The third kappa shape index (κ3) is 6.27. The molecule has 36 heavy (non-hydrogen) atoms. The van der Waals surface area contributed by atoms with Crippen LogP contribution in [0.5, 0.6) is 0 Å². The molecule has 0 bridgehead atoms. The number of amides is 2. The standard InChI is InChI=1S/C29H30F3N3O/c1-2-3-6-17-35(28(36)33-27-16-8-12-23-11-4-5-15-26(23)27)21-25-14-9-18-34(25)20-22-10-7-13-24(19-22)29(30,31)32/h4-5,7-16,18-19H,2-3,6,17,20-21H2,1H3,(H,33,36). The van der Waals surface area contributed by atoms with E-state index in [1.54, 1.807) is 11.0 Å². The first-order chi connectivity index (χ1) is 17.3. The summed E-state index contributed by atoms with van der Waals surface area (Å²) in [5.74, 6) is 0. The Labute approximate surface area is 209 Å². The molecule has 4 rings (SSSR count). The van der Waals surface area contributed by atoms with Crippen molar-refractivity contribution in [1.82, 2.24) is 9.47 Å². The number of alkyl halides is 3. The SMILES string of the molecule is CCCCCN(Cc1cccn1Cc1cccc(C(F)(F)F)c1)C(=O)Nc1cccc2ccccc12. The summed E-state index contributed by atoms with van der Waals surface area (Å²) in [6.07, 6.45) is 0.357. The van der Waals surface area contributed by atoms with Crippen LogP contribution >= 0.6 is 0 Å². The molecule has 0 spiro atoms. The minimum absolute atomic E-state index is 0.200. The third-order valence-corrected chi connectivity index (χ3v) is 6.23. The second kappa shape index (κ2) is 11.3. The van der Waals surface area contributed by atoms with E-state index in [0.29, 0.717) is 25.2 Å². The van der Waals surface area contributed by atoms with Crippen molar-refractivity contribution >= 4 is 22.5 Å². The van der Waals surface area contributed by atoms with Gasteiger partial charge in [0.2, 0.25) is 0 Å². The molecule has 0 aliphatic carbocycles. The van der Waals surface area contributed by atoms with Gasteiger partial charge in [-0.2, -0.15) is 13.2 Å². The van der Waals surface area contributed by atoms with Gasteiger partial charge in [0.1, 0.15) is 0 Å². The number of urea groups is 1. The summed E-state index contributed by atoms with van der Waals surface area (Å²) in [6.45, 7) is 3.34. The van der Waals surface area contributed by atoms with Gasteiger partial charge in [0.25, 0.3) is 0 Å². The molecule has 0 unspecified atom stereocenters. The summed E-state index contributed by atoms with van der Waals surface area (Å²) in [7, 11) is 0. The van der Waals surface area contributed by atoms with Crippen molar-refractivity contribution < 1.29 is 18.0 Å². The Kier molecular flexibility index (Phi) is 7.98. The Morgan fingerprint density at radius 1 is 0.944 bits per heavy atom. The topological polar surface area (TPSA) is 37.3 Å². The molecule has 0 aliphatic heterocycles. The van der Waals surface area contributed by atoms with Gasteiger partial charge in [-0.3, -0.25) is 0 Å². The lowest BCUT2D eigenvalue weighted by Gasteiger charge is -2.24. The highest BCUT2D eigenvalue weighted by molar-refractivity contribution is 6.01. The van der Waals surface area contributed by atoms with Gasteiger partial charge in [-0.15, -0.1) is 0 Å². The minimum atomic E-state index is -4.38. The second-order valence-electron chi connectivity index (χ2n) is 8.91. The number of benzene rings is 3. The fraction of sp³-hybridized carbons (Fsp3) is 0.276. The summed E-state index contributed by atoms with van der Waals surface area (Å²) >= 11 is 0. The Bertz CT molecular complexity index is 1310. The van der Waals surface area contributed by atoms with Crippen LogP contribution < -0.4 is 5.32 Å². The molecule has 0 atom stereocenters. The van der Waals surface area contributed by atoms with Crippen LogP contribution in [-0.2, 0) is 19.3 Å². The van der Waals surface area contributed by atoms with Crippen LogP contribution in [0.3, 0.4) is 0 Å². The molecule has 1 aromatic heterocycles. The van der Waals surface area contributed by atoms with E-state index in [9.17, 15) is 18.0 Å². The number of unbranched alkanes of at least 4 members (excludes halogenated alkanes) is 2. The molecular formula is C29H30F3N3O. The monoisotopic (exact) mass is 493 g/mol. The molecule has 1 heterocycles. The number of carbonyl (C=O) groups is 1. The molecule has 3 aromatic carbocycles. The number of carbonyl (C=O) groups excluding carboxylic acids is 1. The van der Waals surface area contributed by atoms with Gasteiger partial charge in [-0.05, 0) is 47.7 Å². The van der Waals surface area contributed by atoms with Gasteiger partial charge in [0, 0.05) is 30.4 Å². The number of halogens is 3. The van der Waals surface area contributed by atoms with Gasteiger partial charge in [-0.1, -0.05) is 68.3 Å². The minimum Gasteiger partial charge on any atom is -0.345 e. The average Bonchev–Trinajstić information content (AvgIpc) is 3.29. The Hall–Kier alpha value is -3.74. The average molecular weight is 494 g/mol. The van der Waals surface area contributed by atoms with Crippen molar-refractivity contribution in [2.45, 2.75) is 45.5 Å². The summed E-state index contributed by atoms with van der Waals surface area (Å²) < 4.78 is 41.4. The number of rotatable bonds is 9. The molecule has 0 saturated carbocycles. The Balaban J connectivity index is 1.53. The van der Waals surface area contributed by atoms with Gasteiger partial charge >= 0.3 is 12.2 Å². The van der Waals surface area contributed by atoms with E-state index in [1.165, 1.54) is 12.1 Å². The van der Waals surface area contributed by atoms with Crippen molar-refractivity contribution in [2.75, 3.05) is 11.9 Å². The molecule has 1 N–H and O–H groups in total. The quantitative estimate of drug-likeness (QED) is 0.236. The van der Waals surface area contributed by atoms with Crippen molar-refractivity contribution in [3.63, 3.8) is 0 Å².